The van der Waals surface area contributed by atoms with Gasteiger partial charge in [0.2, 0.25) is 0 Å². The van der Waals surface area contributed by atoms with E-state index in [0.717, 1.165) is 28.3 Å². The van der Waals surface area contributed by atoms with E-state index in [9.17, 15) is 4.79 Å². The number of benzene rings is 2. The molecule has 2 aromatic carbocycles. The molecule has 2 rings (SSSR count). The van der Waals surface area contributed by atoms with E-state index in [1.54, 1.807) is 12.2 Å². The Kier molecular flexibility index (Phi) is 8.17. The van der Waals surface area contributed by atoms with Gasteiger partial charge in [-0.25, -0.2) is 4.79 Å². The van der Waals surface area contributed by atoms with Crippen LogP contribution in [0.5, 0.6) is 0 Å². The zero-order chi connectivity index (χ0) is 20.9. The summed E-state index contributed by atoms with van der Waals surface area (Å²) in [5.74, 6) is -1.09. The Morgan fingerprint density at radius 1 is 0.793 bits per heavy atom. The molecule has 29 heavy (non-hydrogen) atoms. The van der Waals surface area contributed by atoms with Gasteiger partial charge in [0.1, 0.15) is 0 Å². The third-order valence-corrected chi connectivity index (χ3v) is 3.88. The van der Waals surface area contributed by atoms with Gasteiger partial charge in [0.25, 0.3) is 0 Å². The minimum absolute atomic E-state index is 0.555. The number of nitrogens with zero attached hydrogens (tertiary/aromatic N) is 2. The molecule has 0 atom stereocenters. The van der Waals surface area contributed by atoms with E-state index in [1.807, 2.05) is 78.9 Å². The molecule has 0 heterocycles. The summed E-state index contributed by atoms with van der Waals surface area (Å²) < 4.78 is 0. The highest BCUT2D eigenvalue weighted by Gasteiger charge is 2.07. The lowest BCUT2D eigenvalue weighted by atomic mass is 9.93. The fourth-order valence-electron chi connectivity index (χ4n) is 2.62. The van der Waals surface area contributed by atoms with Crippen LogP contribution < -0.4 is 0 Å². The first-order valence-corrected chi connectivity index (χ1v) is 8.76. The Hall–Kier alpha value is -4.41. The zero-order valence-electron chi connectivity index (χ0n) is 15.6. The van der Waals surface area contributed by atoms with Gasteiger partial charge in [0, 0.05) is 18.2 Å². The lowest BCUT2D eigenvalue weighted by molar-refractivity contribution is -0.131. The Bertz CT molecular complexity index is 1090. The van der Waals surface area contributed by atoms with Crippen LogP contribution in [0.2, 0.25) is 0 Å². The van der Waals surface area contributed by atoms with E-state index in [4.69, 9.17) is 15.6 Å². The van der Waals surface area contributed by atoms with Crippen LogP contribution in [0.15, 0.2) is 96.6 Å². The molecule has 0 radical (unpaired) electrons. The van der Waals surface area contributed by atoms with Crippen molar-refractivity contribution in [2.24, 2.45) is 0 Å². The smallest absolute Gasteiger partial charge is 0.328 e. The van der Waals surface area contributed by atoms with Crippen molar-refractivity contribution in [2.75, 3.05) is 0 Å². The zero-order valence-corrected chi connectivity index (χ0v) is 15.6. The highest BCUT2D eigenvalue weighted by molar-refractivity contribution is 5.89. The summed E-state index contributed by atoms with van der Waals surface area (Å²) in [4.78, 5) is 11.1. The van der Waals surface area contributed by atoms with Crippen molar-refractivity contribution in [3.8, 4) is 12.1 Å². The molecular formula is C25H18N2O2. The molecular weight excluding hydrogens is 360 g/mol. The van der Waals surface area contributed by atoms with Crippen molar-refractivity contribution >= 4 is 23.7 Å². The molecule has 4 nitrogen and oxygen atoms in total. The molecule has 0 aromatic heterocycles. The van der Waals surface area contributed by atoms with Gasteiger partial charge in [-0.1, -0.05) is 66.7 Å². The maximum absolute atomic E-state index is 11.1. The molecule has 4 heteroatoms. The first-order chi connectivity index (χ1) is 14.2. The lowest BCUT2D eigenvalue weighted by Gasteiger charge is -2.11. The summed E-state index contributed by atoms with van der Waals surface area (Å²) in [6.45, 7) is 0. The molecule has 0 aliphatic carbocycles. The second kappa shape index (κ2) is 11.3. The topological polar surface area (TPSA) is 84.9 Å². The third-order valence-electron chi connectivity index (χ3n) is 3.88. The van der Waals surface area contributed by atoms with Gasteiger partial charge < -0.3 is 5.11 Å². The highest BCUT2D eigenvalue weighted by Crippen LogP contribution is 2.27. The minimum Gasteiger partial charge on any atom is -0.478 e. The molecule has 0 aliphatic rings. The predicted octanol–water partition coefficient (Wildman–Crippen LogP) is 5.41. The molecule has 0 unspecified atom stereocenters. The van der Waals surface area contributed by atoms with E-state index in [0.29, 0.717) is 5.57 Å². The van der Waals surface area contributed by atoms with Gasteiger partial charge in [-0.3, -0.25) is 0 Å². The van der Waals surface area contributed by atoms with Crippen LogP contribution >= 0.6 is 0 Å². The van der Waals surface area contributed by atoms with Gasteiger partial charge in [-0.05, 0) is 46.1 Å². The fraction of sp³-hybridized carbons (Fsp3) is 0. The molecule has 0 saturated carbocycles. The summed E-state index contributed by atoms with van der Waals surface area (Å²) in [5, 5.41) is 26.9. The molecule has 0 spiro atoms. The van der Waals surface area contributed by atoms with E-state index in [1.165, 1.54) is 18.2 Å². The number of rotatable bonds is 7. The van der Waals surface area contributed by atoms with Crippen LogP contribution in [-0.2, 0) is 4.79 Å². The molecule has 0 aliphatic heterocycles. The van der Waals surface area contributed by atoms with Crippen molar-refractivity contribution in [2.45, 2.75) is 0 Å². The molecule has 140 valence electrons. The van der Waals surface area contributed by atoms with E-state index in [2.05, 4.69) is 0 Å². The van der Waals surface area contributed by atoms with E-state index in [-0.39, 0.29) is 0 Å². The average molecular weight is 378 g/mol. The quantitative estimate of drug-likeness (QED) is 0.396. The second-order valence-electron chi connectivity index (χ2n) is 5.80. The number of allylic oxidation sites excluding steroid dienone is 7. The first kappa shape index (κ1) is 20.9. The van der Waals surface area contributed by atoms with Crippen LogP contribution in [0.3, 0.4) is 0 Å². The van der Waals surface area contributed by atoms with Crippen molar-refractivity contribution in [3.63, 3.8) is 0 Å². The van der Waals surface area contributed by atoms with Gasteiger partial charge in [-0.2, -0.15) is 10.5 Å². The molecule has 0 amide bonds. The number of nitriles is 2. The van der Waals surface area contributed by atoms with Crippen LogP contribution in [0.1, 0.15) is 16.7 Å². The van der Waals surface area contributed by atoms with Crippen LogP contribution in [0, 0.1) is 22.7 Å². The van der Waals surface area contributed by atoms with Gasteiger partial charge in [0.15, 0.2) is 0 Å². The standard InChI is InChI=1S/C25H18N2O2/c26-18-6-11-21-10-4-5-13-23(21)24(16-14-20-8-2-1-3-9-20)22(12-7-19-27)15-17-25(28)29/h1-17H,(H,28,29). The van der Waals surface area contributed by atoms with Crippen LogP contribution in [-0.4, -0.2) is 11.1 Å². The fourth-order valence-corrected chi connectivity index (χ4v) is 2.62. The maximum atomic E-state index is 11.1. The molecule has 2 aromatic rings. The number of hydrogen-bond acceptors (Lipinski definition) is 3. The summed E-state index contributed by atoms with van der Waals surface area (Å²) in [6.07, 6.45) is 12.2. The van der Waals surface area contributed by atoms with Crippen molar-refractivity contribution < 1.29 is 9.90 Å². The summed E-state index contributed by atoms with van der Waals surface area (Å²) in [5.41, 5.74) is 3.85. The largest absolute Gasteiger partial charge is 0.478 e. The SMILES string of the molecule is N#CC=CC(C=CC(=O)O)=C(C=Cc1ccccc1)c1ccccc1C=CC#N. The number of aliphatic carboxylic acids is 1. The number of carboxylic acids is 1. The Morgan fingerprint density at radius 2 is 1.48 bits per heavy atom. The average Bonchev–Trinajstić information content (AvgIpc) is 2.74. The third kappa shape index (κ3) is 6.67. The summed E-state index contributed by atoms with van der Waals surface area (Å²) in [7, 11) is 0. The number of hydrogen-bond donors (Lipinski definition) is 1. The normalized spacial score (nSPS) is 12.3. The number of carbonyl (C=O) groups is 1. The molecule has 0 bridgehead atoms. The molecule has 0 saturated heterocycles. The minimum atomic E-state index is -1.09. The lowest BCUT2D eigenvalue weighted by Crippen LogP contribution is -1.92. The molecule has 0 fully saturated rings. The first-order valence-electron chi connectivity index (χ1n) is 8.76. The van der Waals surface area contributed by atoms with Gasteiger partial charge in [0.05, 0.1) is 12.1 Å². The van der Waals surface area contributed by atoms with Crippen molar-refractivity contribution in [3.05, 3.63) is 113 Å². The monoisotopic (exact) mass is 378 g/mol. The van der Waals surface area contributed by atoms with E-state index >= 15 is 0 Å². The summed E-state index contributed by atoms with van der Waals surface area (Å²) >= 11 is 0. The van der Waals surface area contributed by atoms with Crippen molar-refractivity contribution in [1.82, 2.24) is 0 Å². The second-order valence-corrected chi connectivity index (χ2v) is 5.80. The van der Waals surface area contributed by atoms with Crippen LogP contribution in [0.4, 0.5) is 0 Å². The Morgan fingerprint density at radius 3 is 2.17 bits per heavy atom. The Balaban J connectivity index is 2.74. The maximum Gasteiger partial charge on any atom is 0.328 e. The van der Waals surface area contributed by atoms with Gasteiger partial charge >= 0.3 is 5.97 Å². The highest BCUT2D eigenvalue weighted by atomic mass is 16.4. The summed E-state index contributed by atoms with van der Waals surface area (Å²) in [6, 6.07) is 21.1. The molecule has 1 N–H and O–H groups in total. The van der Waals surface area contributed by atoms with Crippen molar-refractivity contribution in [1.29, 1.82) is 10.5 Å². The predicted molar refractivity (Wildman–Crippen MR) is 115 cm³/mol. The van der Waals surface area contributed by atoms with Crippen LogP contribution in [0.25, 0.3) is 17.7 Å². The number of carboxylic acid groups (broad SMARTS) is 1. The van der Waals surface area contributed by atoms with Gasteiger partial charge in [-0.15, -0.1) is 0 Å². The van der Waals surface area contributed by atoms with E-state index < -0.39 is 5.97 Å². The Labute approximate surface area is 170 Å².